The van der Waals surface area contributed by atoms with Gasteiger partial charge in [0.1, 0.15) is 4.90 Å². The van der Waals surface area contributed by atoms with E-state index in [1.54, 1.807) is 0 Å². The summed E-state index contributed by atoms with van der Waals surface area (Å²) in [5.74, 6) is 0.336. The Morgan fingerprint density at radius 3 is 2.67 bits per heavy atom. The number of rotatable bonds is 4. The largest absolute Gasteiger partial charge is 0.493 e. The number of sulfonamides is 1. The van der Waals surface area contributed by atoms with Crippen molar-refractivity contribution < 1.29 is 17.9 Å². The molecular weight excluding hydrogens is 294 g/mol. The fraction of sp³-hybridized carbons (Fsp3) is 0.0769. The van der Waals surface area contributed by atoms with Crippen molar-refractivity contribution in [3.8, 4) is 23.4 Å². The molecule has 0 unspecified atom stereocenters. The maximum atomic E-state index is 11.5. The molecule has 2 N–H and O–H groups in total. The molecular formula is C13H11N3O4S. The van der Waals surface area contributed by atoms with E-state index in [0.29, 0.717) is 5.56 Å². The molecule has 0 saturated heterocycles. The van der Waals surface area contributed by atoms with Crippen LogP contribution < -0.4 is 14.6 Å². The Labute approximate surface area is 121 Å². The van der Waals surface area contributed by atoms with Gasteiger partial charge in [0, 0.05) is 12.3 Å². The Balaban J connectivity index is 2.47. The van der Waals surface area contributed by atoms with Gasteiger partial charge in [0.2, 0.25) is 15.9 Å². The van der Waals surface area contributed by atoms with E-state index in [4.69, 9.17) is 19.9 Å². The lowest BCUT2D eigenvalue weighted by atomic mass is 10.2. The lowest BCUT2D eigenvalue weighted by Gasteiger charge is -2.11. The zero-order valence-electron chi connectivity index (χ0n) is 11.0. The van der Waals surface area contributed by atoms with Gasteiger partial charge in [0.25, 0.3) is 0 Å². The second kappa shape index (κ2) is 5.78. The quantitative estimate of drug-likeness (QED) is 0.912. The fourth-order valence-corrected chi connectivity index (χ4v) is 2.20. The minimum atomic E-state index is -3.97. The van der Waals surface area contributed by atoms with Crippen LogP contribution in [0.1, 0.15) is 5.56 Å². The number of hydrogen-bond donors (Lipinski definition) is 1. The standard InChI is InChI=1S/C13H11N3O4S/c1-19-11-7-9(8-14)4-5-10(11)20-13-12(21(15,17)18)3-2-6-16-13/h2-7H,1H3,(H2,15,17,18). The van der Waals surface area contributed by atoms with E-state index in [1.807, 2.05) is 6.07 Å². The summed E-state index contributed by atoms with van der Waals surface area (Å²) in [5, 5.41) is 13.9. The van der Waals surface area contributed by atoms with Crippen molar-refractivity contribution >= 4 is 10.0 Å². The van der Waals surface area contributed by atoms with Gasteiger partial charge in [-0.15, -0.1) is 0 Å². The first-order valence-corrected chi connectivity index (χ1v) is 7.24. The van der Waals surface area contributed by atoms with Crippen LogP contribution in [-0.4, -0.2) is 20.5 Å². The van der Waals surface area contributed by atoms with Gasteiger partial charge in [0.05, 0.1) is 18.7 Å². The predicted molar refractivity (Wildman–Crippen MR) is 73.4 cm³/mol. The van der Waals surface area contributed by atoms with Crippen molar-refractivity contribution in [2.24, 2.45) is 5.14 Å². The average molecular weight is 305 g/mol. The number of pyridine rings is 1. The number of nitrogens with zero attached hydrogens (tertiary/aromatic N) is 2. The van der Waals surface area contributed by atoms with E-state index < -0.39 is 10.0 Å². The Kier molecular flexibility index (Phi) is 4.07. The van der Waals surface area contributed by atoms with Crippen LogP contribution in [0.2, 0.25) is 0 Å². The smallest absolute Gasteiger partial charge is 0.243 e. The van der Waals surface area contributed by atoms with Crippen LogP contribution in [0.5, 0.6) is 17.4 Å². The summed E-state index contributed by atoms with van der Waals surface area (Å²) in [7, 11) is -2.56. The molecule has 0 aliphatic rings. The SMILES string of the molecule is COc1cc(C#N)ccc1Oc1ncccc1S(N)(=O)=O. The van der Waals surface area contributed by atoms with Crippen LogP contribution in [0, 0.1) is 11.3 Å². The van der Waals surface area contributed by atoms with Crippen molar-refractivity contribution in [2.45, 2.75) is 4.90 Å². The molecule has 2 aromatic rings. The van der Waals surface area contributed by atoms with Crippen LogP contribution in [0.25, 0.3) is 0 Å². The molecule has 1 aromatic heterocycles. The summed E-state index contributed by atoms with van der Waals surface area (Å²) >= 11 is 0. The second-order valence-electron chi connectivity index (χ2n) is 3.93. The van der Waals surface area contributed by atoms with E-state index in [2.05, 4.69) is 4.98 Å². The minimum Gasteiger partial charge on any atom is -0.493 e. The first-order valence-electron chi connectivity index (χ1n) is 5.69. The Hall–Kier alpha value is -2.63. The van der Waals surface area contributed by atoms with Gasteiger partial charge in [-0.1, -0.05) is 0 Å². The highest BCUT2D eigenvalue weighted by Crippen LogP contribution is 2.33. The molecule has 0 aliphatic heterocycles. The van der Waals surface area contributed by atoms with E-state index in [-0.39, 0.29) is 22.3 Å². The highest BCUT2D eigenvalue weighted by Gasteiger charge is 2.18. The fourth-order valence-electron chi connectivity index (χ4n) is 1.59. The maximum absolute atomic E-state index is 11.5. The van der Waals surface area contributed by atoms with E-state index in [1.165, 1.54) is 43.6 Å². The zero-order valence-corrected chi connectivity index (χ0v) is 11.8. The van der Waals surface area contributed by atoms with Crippen molar-refractivity contribution in [2.75, 3.05) is 7.11 Å². The number of ether oxygens (including phenoxy) is 2. The number of nitriles is 1. The molecule has 1 heterocycles. The average Bonchev–Trinajstić information content (AvgIpc) is 2.47. The van der Waals surface area contributed by atoms with Crippen molar-refractivity contribution in [1.82, 2.24) is 4.98 Å². The van der Waals surface area contributed by atoms with E-state index in [0.717, 1.165) is 0 Å². The highest BCUT2D eigenvalue weighted by atomic mass is 32.2. The number of aromatic nitrogens is 1. The molecule has 1 aromatic carbocycles. The van der Waals surface area contributed by atoms with Crippen molar-refractivity contribution in [3.63, 3.8) is 0 Å². The van der Waals surface area contributed by atoms with Gasteiger partial charge in [-0.25, -0.2) is 18.5 Å². The van der Waals surface area contributed by atoms with Gasteiger partial charge in [-0.3, -0.25) is 0 Å². The summed E-state index contributed by atoms with van der Waals surface area (Å²) in [6.07, 6.45) is 1.38. The third-order valence-corrected chi connectivity index (χ3v) is 3.47. The lowest BCUT2D eigenvalue weighted by molar-refractivity contribution is 0.370. The molecule has 0 amide bonds. The molecule has 0 bridgehead atoms. The van der Waals surface area contributed by atoms with Crippen LogP contribution >= 0.6 is 0 Å². The molecule has 8 heteroatoms. The molecule has 0 radical (unpaired) electrons. The Morgan fingerprint density at radius 2 is 2.05 bits per heavy atom. The van der Waals surface area contributed by atoms with Gasteiger partial charge >= 0.3 is 0 Å². The first-order chi connectivity index (χ1) is 9.95. The van der Waals surface area contributed by atoms with Crippen molar-refractivity contribution in [1.29, 1.82) is 5.26 Å². The predicted octanol–water partition coefficient (Wildman–Crippen LogP) is 1.40. The first kappa shape index (κ1) is 14.8. The molecule has 21 heavy (non-hydrogen) atoms. The van der Waals surface area contributed by atoms with E-state index >= 15 is 0 Å². The molecule has 0 saturated carbocycles. The van der Waals surface area contributed by atoms with Gasteiger partial charge < -0.3 is 9.47 Å². The molecule has 0 atom stereocenters. The summed E-state index contributed by atoms with van der Waals surface area (Å²) < 4.78 is 33.5. The van der Waals surface area contributed by atoms with Crippen LogP contribution in [-0.2, 0) is 10.0 Å². The highest BCUT2D eigenvalue weighted by molar-refractivity contribution is 7.89. The van der Waals surface area contributed by atoms with Crippen molar-refractivity contribution in [3.05, 3.63) is 42.1 Å². The van der Waals surface area contributed by atoms with Gasteiger partial charge in [-0.2, -0.15) is 5.26 Å². The van der Waals surface area contributed by atoms with Crippen LogP contribution in [0.15, 0.2) is 41.4 Å². The molecule has 2 rings (SSSR count). The molecule has 0 spiro atoms. The minimum absolute atomic E-state index is 0.164. The van der Waals surface area contributed by atoms with Gasteiger partial charge in [-0.05, 0) is 24.3 Å². The zero-order chi connectivity index (χ0) is 15.5. The Morgan fingerprint density at radius 1 is 1.29 bits per heavy atom. The molecule has 0 aliphatic carbocycles. The van der Waals surface area contributed by atoms with Gasteiger partial charge in [0.15, 0.2) is 11.5 Å². The summed E-state index contributed by atoms with van der Waals surface area (Å²) in [6, 6.07) is 9.14. The molecule has 108 valence electrons. The number of methoxy groups -OCH3 is 1. The number of hydrogen-bond acceptors (Lipinski definition) is 6. The van der Waals surface area contributed by atoms with E-state index in [9.17, 15) is 8.42 Å². The third kappa shape index (κ3) is 3.28. The molecule has 7 nitrogen and oxygen atoms in total. The number of benzene rings is 1. The topological polar surface area (TPSA) is 115 Å². The summed E-state index contributed by atoms with van der Waals surface area (Å²) in [5.41, 5.74) is 0.381. The normalized spacial score (nSPS) is 10.7. The maximum Gasteiger partial charge on any atom is 0.243 e. The number of primary sulfonamides is 1. The lowest BCUT2D eigenvalue weighted by Crippen LogP contribution is -2.13. The van der Waals surface area contributed by atoms with Crippen LogP contribution in [0.4, 0.5) is 0 Å². The third-order valence-electron chi connectivity index (χ3n) is 2.54. The summed E-state index contributed by atoms with van der Waals surface area (Å²) in [4.78, 5) is 3.62. The Bertz CT molecular complexity index is 812. The van der Waals surface area contributed by atoms with Crippen LogP contribution in [0.3, 0.4) is 0 Å². The number of nitrogens with two attached hydrogens (primary N) is 1. The molecule has 0 fully saturated rings. The summed E-state index contributed by atoms with van der Waals surface area (Å²) in [6.45, 7) is 0. The second-order valence-corrected chi connectivity index (χ2v) is 5.46. The monoisotopic (exact) mass is 305 g/mol.